The molecule has 0 radical (unpaired) electrons. The first-order valence-corrected chi connectivity index (χ1v) is 5.25. The minimum absolute atomic E-state index is 0.0568. The molecular formula is C9H15ClN4O. The number of halogens is 1. The topological polar surface area (TPSA) is 73.9 Å². The molecule has 0 aliphatic carbocycles. The molecule has 6 heteroatoms. The molecule has 0 amide bonds. The molecule has 0 aromatic carbocycles. The number of rotatable bonds is 5. The van der Waals surface area contributed by atoms with Crippen molar-refractivity contribution in [3.05, 3.63) is 5.28 Å². The number of hydrogen-bond acceptors (Lipinski definition) is 5. The van der Waals surface area contributed by atoms with Gasteiger partial charge in [0.2, 0.25) is 11.2 Å². The summed E-state index contributed by atoms with van der Waals surface area (Å²) in [6.45, 7) is 4.90. The summed E-state index contributed by atoms with van der Waals surface area (Å²) < 4.78 is 5.29. The van der Waals surface area contributed by atoms with Gasteiger partial charge in [-0.15, -0.1) is 0 Å². The lowest BCUT2D eigenvalue weighted by Crippen LogP contribution is -2.05. The smallest absolute Gasteiger partial charge is 0.322 e. The number of ether oxygens (including phenoxy) is 1. The first-order valence-electron chi connectivity index (χ1n) is 4.88. The van der Waals surface area contributed by atoms with E-state index in [2.05, 4.69) is 28.8 Å². The quantitative estimate of drug-likeness (QED) is 0.783. The molecule has 0 saturated heterocycles. The van der Waals surface area contributed by atoms with Crippen LogP contribution in [0.1, 0.15) is 26.7 Å². The van der Waals surface area contributed by atoms with E-state index in [4.69, 9.17) is 22.1 Å². The third-order valence-corrected chi connectivity index (χ3v) is 1.93. The van der Waals surface area contributed by atoms with Crippen molar-refractivity contribution in [3.8, 4) is 6.01 Å². The maximum atomic E-state index is 5.59. The molecular weight excluding hydrogens is 216 g/mol. The number of aromatic nitrogens is 3. The Hall–Kier alpha value is -1.10. The van der Waals surface area contributed by atoms with E-state index in [-0.39, 0.29) is 17.2 Å². The third-order valence-electron chi connectivity index (χ3n) is 1.76. The Morgan fingerprint density at radius 1 is 1.33 bits per heavy atom. The Morgan fingerprint density at radius 3 is 2.67 bits per heavy atom. The van der Waals surface area contributed by atoms with Crippen molar-refractivity contribution in [2.75, 3.05) is 12.3 Å². The van der Waals surface area contributed by atoms with Crippen LogP contribution in [0.15, 0.2) is 0 Å². The summed E-state index contributed by atoms with van der Waals surface area (Å²) in [5.41, 5.74) is 5.39. The second kappa shape index (κ2) is 5.70. The fraction of sp³-hybridized carbons (Fsp3) is 0.667. The molecule has 5 nitrogen and oxygen atoms in total. The van der Waals surface area contributed by atoms with Crippen LogP contribution in [0.25, 0.3) is 0 Å². The zero-order valence-electron chi connectivity index (χ0n) is 8.90. The van der Waals surface area contributed by atoms with E-state index in [1.807, 2.05) is 0 Å². The molecule has 0 saturated carbocycles. The SMILES string of the molecule is CC(C)CCCOc1nc(N)nc(Cl)n1. The predicted molar refractivity (Wildman–Crippen MR) is 58.8 cm³/mol. The first-order chi connectivity index (χ1) is 7.08. The van der Waals surface area contributed by atoms with Crippen molar-refractivity contribution >= 4 is 17.5 Å². The van der Waals surface area contributed by atoms with E-state index >= 15 is 0 Å². The number of anilines is 1. The number of hydrogen-bond donors (Lipinski definition) is 1. The van der Waals surface area contributed by atoms with Crippen molar-refractivity contribution in [2.45, 2.75) is 26.7 Å². The lowest BCUT2D eigenvalue weighted by Gasteiger charge is -2.06. The molecule has 1 aromatic heterocycles. The molecule has 0 aliphatic rings. The highest BCUT2D eigenvalue weighted by atomic mass is 35.5. The van der Waals surface area contributed by atoms with E-state index in [0.29, 0.717) is 12.5 Å². The van der Waals surface area contributed by atoms with Crippen molar-refractivity contribution < 1.29 is 4.74 Å². The Bertz CT molecular complexity index is 299. The Balaban J connectivity index is 2.37. The summed E-state index contributed by atoms with van der Waals surface area (Å²) in [5.74, 6) is 0.745. The van der Waals surface area contributed by atoms with Crippen LogP contribution in [0.4, 0.5) is 5.95 Å². The van der Waals surface area contributed by atoms with Gasteiger partial charge in [0.15, 0.2) is 0 Å². The van der Waals surface area contributed by atoms with Crippen LogP contribution in [0, 0.1) is 5.92 Å². The Kier molecular flexibility index (Phi) is 4.55. The van der Waals surface area contributed by atoms with Gasteiger partial charge in [0.1, 0.15) is 0 Å². The molecule has 0 bridgehead atoms. The van der Waals surface area contributed by atoms with E-state index in [1.54, 1.807) is 0 Å². The minimum Gasteiger partial charge on any atom is -0.463 e. The van der Waals surface area contributed by atoms with Crippen LogP contribution in [-0.2, 0) is 0 Å². The standard InChI is InChI=1S/C9H15ClN4O/c1-6(2)4-3-5-15-9-13-7(10)12-8(11)14-9/h6H,3-5H2,1-2H3,(H2,11,12,13,14). The highest BCUT2D eigenvalue weighted by Crippen LogP contribution is 2.10. The van der Waals surface area contributed by atoms with Crippen LogP contribution < -0.4 is 10.5 Å². The van der Waals surface area contributed by atoms with E-state index < -0.39 is 0 Å². The summed E-state index contributed by atoms with van der Waals surface area (Å²) in [4.78, 5) is 11.2. The van der Waals surface area contributed by atoms with Gasteiger partial charge in [-0.3, -0.25) is 0 Å². The van der Waals surface area contributed by atoms with Gasteiger partial charge in [-0.25, -0.2) is 0 Å². The molecule has 0 fully saturated rings. The molecule has 0 atom stereocenters. The van der Waals surface area contributed by atoms with Crippen molar-refractivity contribution in [1.82, 2.24) is 15.0 Å². The fourth-order valence-electron chi connectivity index (χ4n) is 1.07. The highest BCUT2D eigenvalue weighted by molar-refractivity contribution is 6.28. The van der Waals surface area contributed by atoms with Gasteiger partial charge in [0, 0.05) is 0 Å². The van der Waals surface area contributed by atoms with E-state index in [0.717, 1.165) is 12.8 Å². The first kappa shape index (κ1) is 12.0. The van der Waals surface area contributed by atoms with Crippen LogP contribution in [0.2, 0.25) is 5.28 Å². The van der Waals surface area contributed by atoms with Crippen LogP contribution in [0.3, 0.4) is 0 Å². The summed E-state index contributed by atoms with van der Waals surface area (Å²) in [6.07, 6.45) is 2.06. The van der Waals surface area contributed by atoms with Gasteiger partial charge >= 0.3 is 6.01 Å². The van der Waals surface area contributed by atoms with Crippen molar-refractivity contribution in [3.63, 3.8) is 0 Å². The number of nitrogen functional groups attached to an aromatic ring is 1. The summed E-state index contributed by atoms with van der Waals surface area (Å²) in [6, 6.07) is 0.191. The maximum absolute atomic E-state index is 5.59. The summed E-state index contributed by atoms with van der Waals surface area (Å²) >= 11 is 5.59. The van der Waals surface area contributed by atoms with Gasteiger partial charge in [-0.1, -0.05) is 13.8 Å². The minimum atomic E-state index is 0.0568. The maximum Gasteiger partial charge on any atom is 0.322 e. The molecule has 1 heterocycles. The summed E-state index contributed by atoms with van der Waals surface area (Å²) in [5, 5.41) is 0.0568. The molecule has 84 valence electrons. The van der Waals surface area contributed by atoms with Gasteiger partial charge in [0.05, 0.1) is 6.61 Å². The highest BCUT2D eigenvalue weighted by Gasteiger charge is 2.03. The van der Waals surface area contributed by atoms with Gasteiger partial charge < -0.3 is 10.5 Å². The van der Waals surface area contributed by atoms with Crippen molar-refractivity contribution in [2.24, 2.45) is 5.92 Å². The average molecular weight is 231 g/mol. The average Bonchev–Trinajstić information content (AvgIpc) is 2.10. The largest absolute Gasteiger partial charge is 0.463 e. The second-order valence-corrected chi connectivity index (χ2v) is 3.97. The number of nitrogens with zero attached hydrogens (tertiary/aromatic N) is 3. The third kappa shape index (κ3) is 4.78. The Labute approximate surface area is 94.0 Å². The zero-order valence-corrected chi connectivity index (χ0v) is 9.66. The lowest BCUT2D eigenvalue weighted by atomic mass is 10.1. The molecule has 2 N–H and O–H groups in total. The summed E-state index contributed by atoms with van der Waals surface area (Å²) in [7, 11) is 0. The monoisotopic (exact) mass is 230 g/mol. The molecule has 15 heavy (non-hydrogen) atoms. The van der Waals surface area contributed by atoms with Crippen LogP contribution in [-0.4, -0.2) is 21.6 Å². The molecule has 0 aliphatic heterocycles. The van der Waals surface area contributed by atoms with Crippen LogP contribution in [0.5, 0.6) is 6.01 Å². The molecule has 0 unspecified atom stereocenters. The van der Waals surface area contributed by atoms with Crippen LogP contribution >= 0.6 is 11.6 Å². The predicted octanol–water partition coefficient (Wildman–Crippen LogP) is 1.92. The normalized spacial score (nSPS) is 10.7. The van der Waals surface area contributed by atoms with Gasteiger partial charge in [-0.2, -0.15) is 15.0 Å². The van der Waals surface area contributed by atoms with E-state index in [9.17, 15) is 0 Å². The van der Waals surface area contributed by atoms with Gasteiger partial charge in [0.25, 0.3) is 0 Å². The fourth-order valence-corrected chi connectivity index (χ4v) is 1.22. The lowest BCUT2D eigenvalue weighted by molar-refractivity contribution is 0.275. The zero-order chi connectivity index (χ0) is 11.3. The molecule has 0 spiro atoms. The van der Waals surface area contributed by atoms with Crippen molar-refractivity contribution in [1.29, 1.82) is 0 Å². The Morgan fingerprint density at radius 2 is 2.07 bits per heavy atom. The van der Waals surface area contributed by atoms with Gasteiger partial charge in [-0.05, 0) is 30.4 Å². The molecule has 1 aromatic rings. The number of nitrogens with two attached hydrogens (primary N) is 1. The second-order valence-electron chi connectivity index (χ2n) is 3.63. The molecule has 1 rings (SSSR count). The van der Waals surface area contributed by atoms with E-state index in [1.165, 1.54) is 0 Å².